The summed E-state index contributed by atoms with van der Waals surface area (Å²) in [6.07, 6.45) is 1.76. The molecule has 0 saturated carbocycles. The quantitative estimate of drug-likeness (QED) is 0.323. The molecule has 0 radical (unpaired) electrons. The Morgan fingerprint density at radius 2 is 2.12 bits per heavy atom. The van der Waals surface area contributed by atoms with Crippen molar-refractivity contribution >= 4 is 55.7 Å². The standard InChI is InChI=1S/C15H22BrN3O4S.HI/c1-10(4-5-24(3,20)21)19-15(17-2)18-8-11-6-12(16)14-13(7-11)22-9-23-14;/h6-7,10H,4-5,8-9H2,1-3H3,(H2,17,18,19);1H. The van der Waals surface area contributed by atoms with Gasteiger partial charge >= 0.3 is 0 Å². The van der Waals surface area contributed by atoms with E-state index >= 15 is 0 Å². The number of fused-ring (bicyclic) bond motifs is 1. The number of hydrogen-bond acceptors (Lipinski definition) is 5. The number of guanidine groups is 1. The lowest BCUT2D eigenvalue weighted by Gasteiger charge is -2.18. The van der Waals surface area contributed by atoms with Gasteiger partial charge in [-0.2, -0.15) is 0 Å². The van der Waals surface area contributed by atoms with Crippen LogP contribution < -0.4 is 20.1 Å². The van der Waals surface area contributed by atoms with Gasteiger partial charge in [-0.1, -0.05) is 0 Å². The van der Waals surface area contributed by atoms with Crippen LogP contribution in [0.2, 0.25) is 0 Å². The van der Waals surface area contributed by atoms with Crippen LogP contribution in [-0.2, 0) is 16.4 Å². The molecule has 0 aromatic heterocycles. The van der Waals surface area contributed by atoms with E-state index in [-0.39, 0.29) is 42.6 Å². The van der Waals surface area contributed by atoms with Crippen LogP contribution in [-0.4, -0.2) is 46.3 Å². The molecule has 25 heavy (non-hydrogen) atoms. The van der Waals surface area contributed by atoms with Crippen LogP contribution in [0.1, 0.15) is 18.9 Å². The second-order valence-corrected chi connectivity index (χ2v) is 8.82. The van der Waals surface area contributed by atoms with E-state index in [1.54, 1.807) is 7.05 Å². The molecule has 0 aliphatic carbocycles. The summed E-state index contributed by atoms with van der Waals surface area (Å²) in [7, 11) is -1.28. The van der Waals surface area contributed by atoms with Crippen molar-refractivity contribution < 1.29 is 17.9 Å². The third kappa shape index (κ3) is 7.18. The zero-order valence-corrected chi connectivity index (χ0v) is 19.1. The summed E-state index contributed by atoms with van der Waals surface area (Å²) >= 11 is 3.47. The molecule has 2 N–H and O–H groups in total. The molecule has 0 saturated heterocycles. The number of sulfone groups is 1. The Morgan fingerprint density at radius 1 is 1.40 bits per heavy atom. The molecule has 1 aliphatic heterocycles. The average Bonchev–Trinajstić information content (AvgIpc) is 2.97. The SMILES string of the molecule is CN=C(NCc1cc(Br)c2c(c1)OCO2)NC(C)CCS(C)(=O)=O.I. The molecule has 0 spiro atoms. The number of ether oxygens (including phenoxy) is 2. The van der Waals surface area contributed by atoms with E-state index in [1.165, 1.54) is 6.26 Å². The first-order valence-electron chi connectivity index (χ1n) is 7.51. The van der Waals surface area contributed by atoms with Crippen molar-refractivity contribution in [2.45, 2.75) is 25.9 Å². The van der Waals surface area contributed by atoms with Gasteiger partial charge in [-0.25, -0.2) is 8.42 Å². The van der Waals surface area contributed by atoms with E-state index in [0.717, 1.165) is 15.8 Å². The third-order valence-corrected chi connectivity index (χ3v) is 5.04. The van der Waals surface area contributed by atoms with E-state index in [1.807, 2.05) is 19.1 Å². The van der Waals surface area contributed by atoms with Crippen molar-refractivity contribution in [1.29, 1.82) is 0 Å². The number of aliphatic imine (C=N–C) groups is 1. The molecule has 1 aromatic carbocycles. The molecule has 1 aliphatic rings. The highest BCUT2D eigenvalue weighted by Gasteiger charge is 2.18. The number of hydrogen-bond donors (Lipinski definition) is 2. The van der Waals surface area contributed by atoms with Crippen LogP contribution in [0.5, 0.6) is 11.5 Å². The van der Waals surface area contributed by atoms with Crippen molar-refractivity contribution in [3.8, 4) is 11.5 Å². The van der Waals surface area contributed by atoms with Crippen LogP contribution in [0.4, 0.5) is 0 Å². The summed E-state index contributed by atoms with van der Waals surface area (Å²) in [6.45, 7) is 2.70. The summed E-state index contributed by atoms with van der Waals surface area (Å²) in [5, 5.41) is 6.39. The van der Waals surface area contributed by atoms with Gasteiger partial charge in [0.1, 0.15) is 9.84 Å². The fourth-order valence-corrected chi connectivity index (χ4v) is 3.59. The van der Waals surface area contributed by atoms with Crippen molar-refractivity contribution in [2.24, 2.45) is 4.99 Å². The highest BCUT2D eigenvalue weighted by molar-refractivity contribution is 14.0. The molecular weight excluding hydrogens is 525 g/mol. The predicted molar refractivity (Wildman–Crippen MR) is 113 cm³/mol. The van der Waals surface area contributed by atoms with E-state index < -0.39 is 9.84 Å². The minimum atomic E-state index is -2.96. The second kappa shape index (κ2) is 9.81. The first-order chi connectivity index (χ1) is 11.3. The molecule has 0 amide bonds. The maximum absolute atomic E-state index is 11.2. The minimum Gasteiger partial charge on any atom is -0.454 e. The van der Waals surface area contributed by atoms with Crippen molar-refractivity contribution in [3.63, 3.8) is 0 Å². The molecular formula is C15H23BrIN3O4S. The summed E-state index contributed by atoms with van der Waals surface area (Å²) in [5.74, 6) is 2.19. The lowest BCUT2D eigenvalue weighted by Crippen LogP contribution is -2.42. The first kappa shape index (κ1) is 22.3. The number of nitrogens with one attached hydrogen (secondary N) is 2. The fraction of sp³-hybridized carbons (Fsp3) is 0.533. The molecule has 142 valence electrons. The van der Waals surface area contributed by atoms with Gasteiger partial charge in [-0.05, 0) is 47.0 Å². The van der Waals surface area contributed by atoms with Crippen molar-refractivity contribution in [3.05, 3.63) is 22.2 Å². The van der Waals surface area contributed by atoms with Crippen LogP contribution in [0.3, 0.4) is 0 Å². The topological polar surface area (TPSA) is 89.0 Å². The predicted octanol–water partition coefficient (Wildman–Crippen LogP) is 2.28. The average molecular weight is 548 g/mol. The van der Waals surface area contributed by atoms with Gasteiger partial charge in [0.15, 0.2) is 17.5 Å². The Bertz CT molecular complexity index is 728. The number of benzene rings is 1. The van der Waals surface area contributed by atoms with E-state index in [9.17, 15) is 8.42 Å². The number of rotatable bonds is 6. The zero-order chi connectivity index (χ0) is 17.7. The van der Waals surface area contributed by atoms with Gasteiger partial charge in [0.25, 0.3) is 0 Å². The Balaban J connectivity index is 0.00000312. The summed E-state index contributed by atoms with van der Waals surface area (Å²) in [5.41, 5.74) is 1.01. The monoisotopic (exact) mass is 547 g/mol. The van der Waals surface area contributed by atoms with Crippen LogP contribution >= 0.6 is 39.9 Å². The molecule has 0 fully saturated rings. The molecule has 10 heteroatoms. The zero-order valence-electron chi connectivity index (χ0n) is 14.3. The highest BCUT2D eigenvalue weighted by Crippen LogP contribution is 2.39. The maximum atomic E-state index is 11.2. The highest BCUT2D eigenvalue weighted by atomic mass is 127. The van der Waals surface area contributed by atoms with Crippen LogP contribution in [0.25, 0.3) is 0 Å². The molecule has 1 unspecified atom stereocenters. The van der Waals surface area contributed by atoms with Gasteiger partial charge in [0.2, 0.25) is 6.79 Å². The van der Waals surface area contributed by atoms with E-state index in [4.69, 9.17) is 9.47 Å². The van der Waals surface area contributed by atoms with Crippen LogP contribution in [0, 0.1) is 0 Å². The lowest BCUT2D eigenvalue weighted by atomic mass is 10.2. The second-order valence-electron chi connectivity index (χ2n) is 5.70. The van der Waals surface area contributed by atoms with Crippen molar-refractivity contribution in [1.82, 2.24) is 10.6 Å². The van der Waals surface area contributed by atoms with E-state index in [0.29, 0.717) is 24.7 Å². The van der Waals surface area contributed by atoms with Gasteiger partial charge in [-0.3, -0.25) is 4.99 Å². The minimum absolute atomic E-state index is 0. The van der Waals surface area contributed by atoms with E-state index in [2.05, 4.69) is 31.6 Å². The lowest BCUT2D eigenvalue weighted by molar-refractivity contribution is 0.173. The molecule has 1 aromatic rings. The number of nitrogens with zero attached hydrogens (tertiary/aromatic N) is 1. The van der Waals surface area contributed by atoms with Gasteiger partial charge in [0, 0.05) is 25.9 Å². The smallest absolute Gasteiger partial charge is 0.231 e. The molecule has 0 bridgehead atoms. The summed E-state index contributed by atoms with van der Waals surface area (Å²) in [6, 6.07) is 3.87. The van der Waals surface area contributed by atoms with Gasteiger partial charge in [-0.15, -0.1) is 24.0 Å². The molecule has 7 nitrogen and oxygen atoms in total. The Labute approximate surface area is 174 Å². The van der Waals surface area contributed by atoms with Crippen LogP contribution in [0.15, 0.2) is 21.6 Å². The van der Waals surface area contributed by atoms with Gasteiger partial charge in [0.05, 0.1) is 10.2 Å². The number of halogens is 2. The third-order valence-electron chi connectivity index (χ3n) is 3.48. The van der Waals surface area contributed by atoms with Crippen molar-refractivity contribution in [2.75, 3.05) is 25.8 Å². The Kier molecular flexibility index (Phi) is 8.75. The molecule has 2 rings (SSSR count). The summed E-state index contributed by atoms with van der Waals surface area (Å²) in [4.78, 5) is 4.16. The first-order valence-corrected chi connectivity index (χ1v) is 10.4. The fourth-order valence-electron chi connectivity index (χ4n) is 2.20. The normalized spacial score (nSPS) is 14.6. The maximum Gasteiger partial charge on any atom is 0.231 e. The van der Waals surface area contributed by atoms with Gasteiger partial charge < -0.3 is 20.1 Å². The summed E-state index contributed by atoms with van der Waals surface area (Å²) < 4.78 is 34.1. The Hall–Kier alpha value is -0.750. The molecule has 1 heterocycles. The largest absolute Gasteiger partial charge is 0.454 e. The Morgan fingerprint density at radius 3 is 2.76 bits per heavy atom. The molecule has 1 atom stereocenters.